The average Bonchev–Trinajstić information content (AvgIpc) is 2.59. The van der Waals surface area contributed by atoms with Gasteiger partial charge in [-0.3, -0.25) is 4.99 Å². The van der Waals surface area contributed by atoms with E-state index in [1.165, 1.54) is 19.2 Å². The van der Waals surface area contributed by atoms with Crippen LogP contribution in [0.15, 0.2) is 47.5 Å². The minimum Gasteiger partial charge on any atom is -0.380 e. The highest BCUT2D eigenvalue weighted by atomic mass is 19.1. The van der Waals surface area contributed by atoms with Gasteiger partial charge < -0.3 is 15.4 Å². The number of benzene rings is 2. The highest BCUT2D eigenvalue weighted by molar-refractivity contribution is 5.79. The zero-order valence-corrected chi connectivity index (χ0v) is 13.8. The Morgan fingerprint density at radius 2 is 1.71 bits per heavy atom. The third-order valence-corrected chi connectivity index (χ3v) is 3.50. The van der Waals surface area contributed by atoms with Crippen LogP contribution >= 0.6 is 0 Å². The van der Waals surface area contributed by atoms with Gasteiger partial charge >= 0.3 is 0 Å². The summed E-state index contributed by atoms with van der Waals surface area (Å²) in [4.78, 5) is 4.10. The van der Waals surface area contributed by atoms with E-state index in [0.717, 1.165) is 5.56 Å². The van der Waals surface area contributed by atoms with Crippen molar-refractivity contribution in [3.05, 3.63) is 70.8 Å². The third-order valence-electron chi connectivity index (χ3n) is 3.50. The number of nitrogens with zero attached hydrogens (tertiary/aromatic N) is 1. The van der Waals surface area contributed by atoms with Gasteiger partial charge in [0.1, 0.15) is 11.6 Å². The van der Waals surface area contributed by atoms with E-state index in [2.05, 4.69) is 15.6 Å². The molecule has 0 saturated carbocycles. The second-order valence-corrected chi connectivity index (χ2v) is 5.23. The van der Waals surface area contributed by atoms with E-state index in [-0.39, 0.29) is 18.2 Å². The minimum absolute atomic E-state index is 0.222. The first-order chi connectivity index (χ1) is 11.6. The van der Waals surface area contributed by atoms with Crippen LogP contribution in [0.3, 0.4) is 0 Å². The lowest BCUT2D eigenvalue weighted by Gasteiger charge is -2.13. The fourth-order valence-corrected chi connectivity index (χ4v) is 2.23. The number of aliphatic imine (C=N–C) groups is 1. The molecule has 2 aromatic rings. The molecule has 0 radical (unpaired) electrons. The molecule has 128 valence electrons. The van der Waals surface area contributed by atoms with Gasteiger partial charge in [-0.2, -0.15) is 0 Å². The SMILES string of the molecule is CN=C(NCc1ccc(F)c(COC)c1)NCc1ccccc1F. The largest absolute Gasteiger partial charge is 0.380 e. The maximum absolute atomic E-state index is 13.6. The first kappa shape index (κ1) is 17.9. The van der Waals surface area contributed by atoms with E-state index in [1.54, 1.807) is 37.4 Å². The molecule has 0 atom stereocenters. The van der Waals surface area contributed by atoms with Crippen LogP contribution in [0.2, 0.25) is 0 Å². The summed E-state index contributed by atoms with van der Waals surface area (Å²) in [6.45, 7) is 1.01. The van der Waals surface area contributed by atoms with Gasteiger partial charge in [-0.25, -0.2) is 8.78 Å². The Kier molecular flexibility index (Phi) is 6.69. The molecule has 4 nitrogen and oxygen atoms in total. The first-order valence-corrected chi connectivity index (χ1v) is 7.58. The Morgan fingerprint density at radius 1 is 1.00 bits per heavy atom. The Morgan fingerprint density at radius 3 is 2.42 bits per heavy atom. The number of halogens is 2. The van der Waals surface area contributed by atoms with Crippen LogP contribution in [0.5, 0.6) is 0 Å². The molecule has 0 bridgehead atoms. The van der Waals surface area contributed by atoms with E-state index in [0.29, 0.717) is 30.2 Å². The van der Waals surface area contributed by atoms with Gasteiger partial charge in [-0.05, 0) is 23.8 Å². The summed E-state index contributed by atoms with van der Waals surface area (Å²) >= 11 is 0. The number of guanidine groups is 1. The third kappa shape index (κ3) is 5.03. The number of nitrogens with one attached hydrogen (secondary N) is 2. The number of methoxy groups -OCH3 is 1. The lowest BCUT2D eigenvalue weighted by atomic mass is 10.1. The molecule has 2 aromatic carbocycles. The normalized spacial score (nSPS) is 11.4. The molecular weight excluding hydrogens is 312 g/mol. The van der Waals surface area contributed by atoms with Gasteiger partial charge in [0.2, 0.25) is 0 Å². The highest BCUT2D eigenvalue weighted by Crippen LogP contribution is 2.11. The van der Waals surface area contributed by atoms with Gasteiger partial charge in [0, 0.05) is 38.4 Å². The van der Waals surface area contributed by atoms with Crippen molar-refractivity contribution in [1.29, 1.82) is 0 Å². The fraction of sp³-hybridized carbons (Fsp3) is 0.278. The first-order valence-electron chi connectivity index (χ1n) is 7.58. The monoisotopic (exact) mass is 333 g/mol. The number of hydrogen-bond donors (Lipinski definition) is 2. The van der Waals surface area contributed by atoms with Crippen molar-refractivity contribution in [2.75, 3.05) is 14.2 Å². The van der Waals surface area contributed by atoms with E-state index in [1.807, 2.05) is 0 Å². The summed E-state index contributed by atoms with van der Waals surface area (Å²) in [6.07, 6.45) is 0. The highest BCUT2D eigenvalue weighted by Gasteiger charge is 2.05. The Labute approximate surface area is 140 Å². The zero-order chi connectivity index (χ0) is 17.4. The second-order valence-electron chi connectivity index (χ2n) is 5.23. The Balaban J connectivity index is 1.92. The molecule has 0 unspecified atom stereocenters. The molecule has 0 aliphatic heterocycles. The summed E-state index contributed by atoms with van der Waals surface area (Å²) in [5.74, 6) is -0.0123. The molecule has 6 heteroatoms. The predicted octanol–water partition coefficient (Wildman–Crippen LogP) is 2.98. The Hall–Kier alpha value is -2.47. The lowest BCUT2D eigenvalue weighted by molar-refractivity contribution is 0.181. The molecular formula is C18H21F2N3O. The molecule has 0 fully saturated rings. The summed E-state index contributed by atoms with van der Waals surface area (Å²) < 4.78 is 32.2. The molecule has 24 heavy (non-hydrogen) atoms. The Bertz CT molecular complexity index is 704. The number of hydrogen-bond acceptors (Lipinski definition) is 2. The van der Waals surface area contributed by atoms with Gasteiger partial charge in [-0.1, -0.05) is 24.3 Å². The van der Waals surface area contributed by atoms with Crippen molar-refractivity contribution in [2.45, 2.75) is 19.7 Å². The fourth-order valence-electron chi connectivity index (χ4n) is 2.23. The van der Waals surface area contributed by atoms with Crippen LogP contribution in [0.25, 0.3) is 0 Å². The van der Waals surface area contributed by atoms with E-state index >= 15 is 0 Å². The maximum Gasteiger partial charge on any atom is 0.191 e. The summed E-state index contributed by atoms with van der Waals surface area (Å²) in [7, 11) is 3.16. The van der Waals surface area contributed by atoms with Gasteiger partial charge in [-0.15, -0.1) is 0 Å². The number of rotatable bonds is 6. The van der Waals surface area contributed by atoms with E-state index < -0.39 is 0 Å². The zero-order valence-electron chi connectivity index (χ0n) is 13.8. The molecule has 0 saturated heterocycles. The van der Waals surface area contributed by atoms with Crippen LogP contribution in [-0.2, 0) is 24.4 Å². The van der Waals surface area contributed by atoms with Crippen molar-refractivity contribution in [3.8, 4) is 0 Å². The smallest absolute Gasteiger partial charge is 0.191 e. The van der Waals surface area contributed by atoms with Crippen molar-refractivity contribution in [3.63, 3.8) is 0 Å². The standard InChI is InChI=1S/C18H21F2N3O/c1-21-18(23-11-14-5-3-4-6-16(14)19)22-10-13-7-8-17(20)15(9-13)12-24-2/h3-9H,10-12H2,1-2H3,(H2,21,22,23). The summed E-state index contributed by atoms with van der Waals surface area (Å²) in [5.41, 5.74) is 1.97. The molecule has 0 spiro atoms. The summed E-state index contributed by atoms with van der Waals surface area (Å²) in [6, 6.07) is 11.4. The molecule has 2 N–H and O–H groups in total. The van der Waals surface area contributed by atoms with Gasteiger partial charge in [0.25, 0.3) is 0 Å². The topological polar surface area (TPSA) is 45.7 Å². The predicted molar refractivity (Wildman–Crippen MR) is 90.6 cm³/mol. The molecule has 0 amide bonds. The van der Waals surface area contributed by atoms with Crippen molar-refractivity contribution < 1.29 is 13.5 Å². The van der Waals surface area contributed by atoms with Gasteiger partial charge in [0.05, 0.1) is 6.61 Å². The van der Waals surface area contributed by atoms with Crippen LogP contribution in [-0.4, -0.2) is 20.1 Å². The van der Waals surface area contributed by atoms with Crippen LogP contribution in [0, 0.1) is 11.6 Å². The average molecular weight is 333 g/mol. The van der Waals surface area contributed by atoms with Crippen molar-refractivity contribution in [2.24, 2.45) is 4.99 Å². The van der Waals surface area contributed by atoms with Gasteiger partial charge in [0.15, 0.2) is 5.96 Å². The molecule has 0 aliphatic carbocycles. The van der Waals surface area contributed by atoms with Crippen molar-refractivity contribution >= 4 is 5.96 Å². The molecule has 2 rings (SSSR count). The molecule has 0 aliphatic rings. The van der Waals surface area contributed by atoms with E-state index in [9.17, 15) is 8.78 Å². The number of ether oxygens (including phenoxy) is 1. The summed E-state index contributed by atoms with van der Waals surface area (Å²) in [5, 5.41) is 6.17. The van der Waals surface area contributed by atoms with Crippen LogP contribution < -0.4 is 10.6 Å². The second kappa shape index (κ2) is 8.98. The quantitative estimate of drug-likeness (QED) is 0.631. The molecule has 0 heterocycles. The molecule has 0 aromatic heterocycles. The maximum atomic E-state index is 13.6. The van der Waals surface area contributed by atoms with Crippen LogP contribution in [0.1, 0.15) is 16.7 Å². The van der Waals surface area contributed by atoms with Crippen molar-refractivity contribution in [1.82, 2.24) is 10.6 Å². The van der Waals surface area contributed by atoms with Crippen LogP contribution in [0.4, 0.5) is 8.78 Å². The lowest BCUT2D eigenvalue weighted by Crippen LogP contribution is -2.36. The minimum atomic E-state index is -0.289. The van der Waals surface area contributed by atoms with E-state index in [4.69, 9.17) is 4.74 Å².